The second-order valence-electron chi connectivity index (χ2n) is 7.49. The Hall–Kier alpha value is -2.86. The summed E-state index contributed by atoms with van der Waals surface area (Å²) in [6.45, 7) is 3.30. The number of nitrogens with zero attached hydrogens (tertiary/aromatic N) is 1. The quantitative estimate of drug-likeness (QED) is 0.770. The van der Waals surface area contributed by atoms with Gasteiger partial charge in [-0.3, -0.25) is 4.79 Å². The van der Waals surface area contributed by atoms with E-state index in [2.05, 4.69) is 10.6 Å². The molecule has 0 spiro atoms. The van der Waals surface area contributed by atoms with E-state index in [1.54, 1.807) is 24.1 Å². The third-order valence-electron chi connectivity index (χ3n) is 5.12. The topological polar surface area (TPSA) is 70.7 Å². The van der Waals surface area contributed by atoms with Crippen molar-refractivity contribution in [3.8, 4) is 0 Å². The van der Waals surface area contributed by atoms with Crippen LogP contribution in [0.4, 0.5) is 10.5 Å². The average molecular weight is 396 g/mol. The van der Waals surface area contributed by atoms with Crippen molar-refractivity contribution in [3.63, 3.8) is 0 Å². The summed E-state index contributed by atoms with van der Waals surface area (Å²) in [7, 11) is 1.79. The maximum atomic E-state index is 12.5. The van der Waals surface area contributed by atoms with Crippen LogP contribution >= 0.6 is 0 Å². The van der Waals surface area contributed by atoms with Crippen LogP contribution in [0, 0.1) is 0 Å². The first-order valence-electron chi connectivity index (χ1n) is 10.1. The fourth-order valence-electron chi connectivity index (χ4n) is 3.40. The SMILES string of the molecule is CC(NC(=O)N(C)CC1CCCCO1)c1cccc(NC(=O)c2ccccc2)c1. The van der Waals surface area contributed by atoms with Crippen molar-refractivity contribution in [3.05, 3.63) is 65.7 Å². The zero-order chi connectivity index (χ0) is 20.6. The molecule has 2 atom stereocenters. The van der Waals surface area contributed by atoms with Crippen LogP contribution in [-0.4, -0.2) is 43.1 Å². The number of urea groups is 1. The molecule has 1 fully saturated rings. The van der Waals surface area contributed by atoms with E-state index in [-0.39, 0.29) is 24.1 Å². The fourth-order valence-corrected chi connectivity index (χ4v) is 3.40. The Morgan fingerprint density at radius 1 is 1.14 bits per heavy atom. The van der Waals surface area contributed by atoms with E-state index >= 15 is 0 Å². The Morgan fingerprint density at radius 2 is 1.93 bits per heavy atom. The Bertz CT molecular complexity index is 819. The predicted molar refractivity (Wildman–Crippen MR) is 114 cm³/mol. The molecule has 1 heterocycles. The van der Waals surface area contributed by atoms with Crippen molar-refractivity contribution in [2.75, 3.05) is 25.5 Å². The summed E-state index contributed by atoms with van der Waals surface area (Å²) in [6.07, 6.45) is 3.36. The number of anilines is 1. The molecule has 6 heteroatoms. The highest BCUT2D eigenvalue weighted by molar-refractivity contribution is 6.04. The maximum Gasteiger partial charge on any atom is 0.317 e. The maximum absolute atomic E-state index is 12.5. The molecule has 2 N–H and O–H groups in total. The van der Waals surface area contributed by atoms with Crippen molar-refractivity contribution in [2.24, 2.45) is 0 Å². The molecule has 1 aliphatic heterocycles. The third-order valence-corrected chi connectivity index (χ3v) is 5.12. The standard InChI is InChI=1S/C23H29N3O3/c1-17(24-23(28)26(2)16-21-13-6-7-14-29-21)19-11-8-12-20(15-19)25-22(27)18-9-4-3-5-10-18/h3-5,8-12,15,17,21H,6-7,13-14,16H2,1-2H3,(H,24,28)(H,25,27). The number of amides is 3. The second-order valence-corrected chi connectivity index (χ2v) is 7.49. The van der Waals surface area contributed by atoms with E-state index in [4.69, 9.17) is 4.74 Å². The molecular weight excluding hydrogens is 366 g/mol. The van der Waals surface area contributed by atoms with Gasteiger partial charge in [0, 0.05) is 31.5 Å². The molecule has 1 aliphatic rings. The molecule has 2 aromatic rings. The van der Waals surface area contributed by atoms with Crippen LogP contribution in [0.15, 0.2) is 54.6 Å². The van der Waals surface area contributed by atoms with Crippen molar-refractivity contribution in [1.29, 1.82) is 0 Å². The number of rotatable bonds is 6. The minimum Gasteiger partial charge on any atom is -0.376 e. The van der Waals surface area contributed by atoms with E-state index < -0.39 is 0 Å². The summed E-state index contributed by atoms with van der Waals surface area (Å²) in [5, 5.41) is 5.92. The van der Waals surface area contributed by atoms with Gasteiger partial charge in [0.15, 0.2) is 0 Å². The number of carbonyl (C=O) groups is 2. The molecule has 0 saturated carbocycles. The van der Waals surface area contributed by atoms with Crippen LogP contribution in [0.1, 0.15) is 48.1 Å². The first kappa shape index (κ1) is 20.9. The van der Waals surface area contributed by atoms with Gasteiger partial charge in [-0.25, -0.2) is 4.79 Å². The molecule has 0 aromatic heterocycles. The summed E-state index contributed by atoms with van der Waals surface area (Å²) >= 11 is 0. The smallest absolute Gasteiger partial charge is 0.317 e. The lowest BCUT2D eigenvalue weighted by atomic mass is 10.1. The van der Waals surface area contributed by atoms with Crippen molar-refractivity contribution >= 4 is 17.6 Å². The molecule has 6 nitrogen and oxygen atoms in total. The monoisotopic (exact) mass is 395 g/mol. The van der Waals surface area contributed by atoms with Gasteiger partial charge in [-0.15, -0.1) is 0 Å². The summed E-state index contributed by atoms with van der Waals surface area (Å²) in [6, 6.07) is 16.3. The van der Waals surface area contributed by atoms with E-state index in [1.807, 2.05) is 49.4 Å². The second kappa shape index (κ2) is 10.1. The Kier molecular flexibility index (Phi) is 7.25. The van der Waals surface area contributed by atoms with Crippen LogP contribution in [0.2, 0.25) is 0 Å². The Balaban J connectivity index is 1.56. The number of hydrogen-bond acceptors (Lipinski definition) is 3. The van der Waals surface area contributed by atoms with Crippen LogP contribution in [-0.2, 0) is 4.74 Å². The average Bonchev–Trinajstić information content (AvgIpc) is 2.75. The minimum atomic E-state index is -0.189. The number of carbonyl (C=O) groups excluding carboxylic acids is 2. The molecule has 29 heavy (non-hydrogen) atoms. The summed E-state index contributed by atoms with van der Waals surface area (Å²) in [4.78, 5) is 26.6. The lowest BCUT2D eigenvalue weighted by Gasteiger charge is -2.28. The highest BCUT2D eigenvalue weighted by atomic mass is 16.5. The van der Waals surface area contributed by atoms with Gasteiger partial charge in [0.05, 0.1) is 12.1 Å². The molecular formula is C23H29N3O3. The van der Waals surface area contributed by atoms with Gasteiger partial charge in [0.1, 0.15) is 0 Å². The zero-order valence-corrected chi connectivity index (χ0v) is 17.1. The largest absolute Gasteiger partial charge is 0.376 e. The summed E-state index contributed by atoms with van der Waals surface area (Å²) in [5.41, 5.74) is 2.22. The summed E-state index contributed by atoms with van der Waals surface area (Å²) < 4.78 is 5.72. The molecule has 154 valence electrons. The molecule has 0 radical (unpaired) electrons. The lowest BCUT2D eigenvalue weighted by molar-refractivity contribution is 0.00374. The van der Waals surface area contributed by atoms with E-state index in [0.717, 1.165) is 31.4 Å². The van der Waals surface area contributed by atoms with Crippen molar-refractivity contribution in [1.82, 2.24) is 10.2 Å². The first-order chi connectivity index (χ1) is 14.0. The van der Waals surface area contributed by atoms with E-state index in [1.165, 1.54) is 0 Å². The first-order valence-corrected chi connectivity index (χ1v) is 10.1. The fraction of sp³-hybridized carbons (Fsp3) is 0.391. The third kappa shape index (κ3) is 6.06. The van der Waals surface area contributed by atoms with Gasteiger partial charge < -0.3 is 20.3 Å². The van der Waals surface area contributed by atoms with Crippen LogP contribution in [0.3, 0.4) is 0 Å². The lowest BCUT2D eigenvalue weighted by Crippen LogP contribution is -2.43. The van der Waals surface area contributed by atoms with Crippen LogP contribution < -0.4 is 10.6 Å². The Labute approximate surface area is 172 Å². The molecule has 2 aromatic carbocycles. The number of nitrogens with one attached hydrogen (secondary N) is 2. The molecule has 0 aliphatic carbocycles. The molecule has 2 unspecified atom stereocenters. The van der Waals surface area contributed by atoms with Gasteiger partial charge in [0.2, 0.25) is 0 Å². The summed E-state index contributed by atoms with van der Waals surface area (Å²) in [5.74, 6) is -0.161. The van der Waals surface area contributed by atoms with Gasteiger partial charge in [-0.1, -0.05) is 30.3 Å². The normalized spacial score (nSPS) is 17.2. The van der Waals surface area contributed by atoms with E-state index in [9.17, 15) is 9.59 Å². The molecule has 0 bridgehead atoms. The van der Waals surface area contributed by atoms with Crippen molar-refractivity contribution in [2.45, 2.75) is 38.3 Å². The van der Waals surface area contributed by atoms with Crippen LogP contribution in [0.25, 0.3) is 0 Å². The van der Waals surface area contributed by atoms with Crippen molar-refractivity contribution < 1.29 is 14.3 Å². The van der Waals surface area contributed by atoms with Gasteiger partial charge in [-0.05, 0) is 56.0 Å². The predicted octanol–water partition coefficient (Wildman–Crippen LogP) is 4.21. The molecule has 1 saturated heterocycles. The number of hydrogen-bond donors (Lipinski definition) is 2. The van der Waals surface area contributed by atoms with Gasteiger partial charge >= 0.3 is 6.03 Å². The van der Waals surface area contributed by atoms with Gasteiger partial charge in [0.25, 0.3) is 5.91 Å². The highest BCUT2D eigenvalue weighted by Gasteiger charge is 2.20. The number of benzene rings is 2. The number of likely N-dealkylation sites (N-methyl/N-ethyl adjacent to an activating group) is 1. The van der Waals surface area contributed by atoms with Gasteiger partial charge in [-0.2, -0.15) is 0 Å². The van der Waals surface area contributed by atoms with E-state index in [0.29, 0.717) is 17.8 Å². The van der Waals surface area contributed by atoms with Crippen LogP contribution in [0.5, 0.6) is 0 Å². The Morgan fingerprint density at radius 3 is 2.66 bits per heavy atom. The molecule has 3 amide bonds. The molecule has 3 rings (SSSR count). The highest BCUT2D eigenvalue weighted by Crippen LogP contribution is 2.19. The number of ether oxygens (including phenoxy) is 1. The minimum absolute atomic E-state index is 0.117. The zero-order valence-electron chi connectivity index (χ0n) is 17.1.